The molecule has 3 N–H and O–H groups in total. The third-order valence-corrected chi connectivity index (χ3v) is 4.58. The summed E-state index contributed by atoms with van der Waals surface area (Å²) in [5.41, 5.74) is 4.03. The molecule has 5 heteroatoms. The molecule has 0 aliphatic carbocycles. The van der Waals surface area contributed by atoms with Gasteiger partial charge in [-0.15, -0.1) is 11.3 Å². The van der Waals surface area contributed by atoms with Crippen LogP contribution in [0.2, 0.25) is 0 Å². The number of hydrogen-bond donors (Lipinski definition) is 2. The smallest absolute Gasteiger partial charge is 0.120 e. The maximum Gasteiger partial charge on any atom is 0.120 e. The Labute approximate surface area is 132 Å². The van der Waals surface area contributed by atoms with Crippen LogP contribution in [0.15, 0.2) is 40.2 Å². The van der Waals surface area contributed by atoms with Crippen LogP contribution >= 0.6 is 27.3 Å². The van der Waals surface area contributed by atoms with Gasteiger partial charge in [-0.3, -0.25) is 11.3 Å². The van der Waals surface area contributed by atoms with Gasteiger partial charge in [0, 0.05) is 21.2 Å². The van der Waals surface area contributed by atoms with Gasteiger partial charge in [0.25, 0.3) is 0 Å². The van der Waals surface area contributed by atoms with E-state index in [9.17, 15) is 0 Å². The first-order chi connectivity index (χ1) is 9.58. The summed E-state index contributed by atoms with van der Waals surface area (Å²) in [6.45, 7) is 4.04. The van der Waals surface area contributed by atoms with Gasteiger partial charge >= 0.3 is 0 Å². The van der Waals surface area contributed by atoms with Crippen molar-refractivity contribution in [2.75, 3.05) is 0 Å². The minimum absolute atomic E-state index is 0.0799. The summed E-state index contributed by atoms with van der Waals surface area (Å²) in [6.07, 6.45) is 1.03. The van der Waals surface area contributed by atoms with Crippen LogP contribution in [-0.2, 0) is 6.42 Å². The highest BCUT2D eigenvalue weighted by atomic mass is 79.9. The second-order valence-electron chi connectivity index (χ2n) is 4.89. The molecule has 1 unspecified atom stereocenters. The zero-order valence-electron chi connectivity index (χ0n) is 11.6. The standard InChI is InChI=1S/C15H19BrN2OS/c1-10(2)19-13-5-3-4-11(6-13)15(18-17)8-14-7-12(16)9-20-14/h3-7,9-10,15,18H,8,17H2,1-2H3. The van der Waals surface area contributed by atoms with Crippen molar-refractivity contribution in [1.29, 1.82) is 0 Å². The molecule has 1 aromatic carbocycles. The average molecular weight is 355 g/mol. The molecular formula is C15H19BrN2OS. The summed E-state index contributed by atoms with van der Waals surface area (Å²) in [5, 5.41) is 2.08. The zero-order chi connectivity index (χ0) is 14.5. The second-order valence-corrected chi connectivity index (χ2v) is 6.81. The number of nitrogens with two attached hydrogens (primary N) is 1. The maximum absolute atomic E-state index is 5.73. The number of nitrogens with one attached hydrogen (secondary N) is 1. The Morgan fingerprint density at radius 3 is 2.75 bits per heavy atom. The van der Waals surface area contributed by atoms with Crippen LogP contribution < -0.4 is 16.0 Å². The van der Waals surface area contributed by atoms with Crippen LogP contribution in [0.3, 0.4) is 0 Å². The van der Waals surface area contributed by atoms with Gasteiger partial charge in [-0.25, -0.2) is 0 Å². The van der Waals surface area contributed by atoms with Crippen molar-refractivity contribution in [3.8, 4) is 5.75 Å². The Hall–Kier alpha value is -0.880. The summed E-state index contributed by atoms with van der Waals surface area (Å²) < 4.78 is 6.85. The van der Waals surface area contributed by atoms with Crippen molar-refractivity contribution in [3.05, 3.63) is 50.6 Å². The van der Waals surface area contributed by atoms with E-state index >= 15 is 0 Å². The highest BCUT2D eigenvalue weighted by Crippen LogP contribution is 2.27. The molecule has 2 aromatic rings. The monoisotopic (exact) mass is 354 g/mol. The minimum atomic E-state index is 0.0799. The van der Waals surface area contributed by atoms with Crippen molar-refractivity contribution >= 4 is 27.3 Å². The van der Waals surface area contributed by atoms with E-state index in [2.05, 4.69) is 38.9 Å². The van der Waals surface area contributed by atoms with E-state index < -0.39 is 0 Å². The van der Waals surface area contributed by atoms with E-state index in [1.165, 1.54) is 4.88 Å². The number of thiophene rings is 1. The lowest BCUT2D eigenvalue weighted by Gasteiger charge is -2.17. The van der Waals surface area contributed by atoms with Crippen molar-refractivity contribution in [3.63, 3.8) is 0 Å². The van der Waals surface area contributed by atoms with Gasteiger partial charge in [-0.05, 0) is 53.5 Å². The molecular weight excluding hydrogens is 336 g/mol. The summed E-state index contributed by atoms with van der Waals surface area (Å²) in [7, 11) is 0. The third-order valence-electron chi connectivity index (χ3n) is 2.86. The van der Waals surface area contributed by atoms with Gasteiger partial charge in [0.05, 0.1) is 12.1 Å². The Morgan fingerprint density at radius 2 is 2.15 bits per heavy atom. The average Bonchev–Trinajstić information content (AvgIpc) is 2.81. The number of rotatable bonds is 6. The fraction of sp³-hybridized carbons (Fsp3) is 0.333. The predicted octanol–water partition coefficient (Wildman–Crippen LogP) is 4.04. The van der Waals surface area contributed by atoms with Gasteiger partial charge in [-0.2, -0.15) is 0 Å². The molecule has 108 valence electrons. The Bertz CT molecular complexity index is 556. The molecule has 0 aliphatic heterocycles. The van der Waals surface area contributed by atoms with E-state index in [-0.39, 0.29) is 12.1 Å². The molecule has 0 saturated heterocycles. The number of hydrogen-bond acceptors (Lipinski definition) is 4. The predicted molar refractivity (Wildman–Crippen MR) is 88.0 cm³/mol. The first-order valence-corrected chi connectivity index (χ1v) is 8.21. The Morgan fingerprint density at radius 1 is 1.35 bits per heavy atom. The summed E-state index contributed by atoms with van der Waals surface area (Å²) in [6, 6.07) is 10.3. The fourth-order valence-corrected chi connectivity index (χ4v) is 3.51. The topological polar surface area (TPSA) is 47.3 Å². The van der Waals surface area contributed by atoms with E-state index in [0.29, 0.717) is 0 Å². The molecule has 1 aromatic heterocycles. The number of ether oxygens (including phenoxy) is 1. The van der Waals surface area contributed by atoms with Gasteiger partial charge in [0.2, 0.25) is 0 Å². The zero-order valence-corrected chi connectivity index (χ0v) is 14.0. The maximum atomic E-state index is 5.73. The third kappa shape index (κ3) is 4.31. The molecule has 0 radical (unpaired) electrons. The largest absolute Gasteiger partial charge is 0.491 e. The van der Waals surface area contributed by atoms with E-state index in [1.807, 2.05) is 32.0 Å². The lowest BCUT2D eigenvalue weighted by molar-refractivity contribution is 0.242. The van der Waals surface area contributed by atoms with Crippen LogP contribution in [-0.4, -0.2) is 6.10 Å². The number of halogens is 1. The highest BCUT2D eigenvalue weighted by Gasteiger charge is 2.13. The Kier molecular flexibility index (Phi) is 5.60. The van der Waals surface area contributed by atoms with Crippen molar-refractivity contribution < 1.29 is 4.74 Å². The van der Waals surface area contributed by atoms with Crippen LogP contribution in [0.5, 0.6) is 5.75 Å². The SMILES string of the molecule is CC(C)Oc1cccc(C(Cc2cc(Br)cs2)NN)c1. The molecule has 2 rings (SSSR count). The van der Waals surface area contributed by atoms with Gasteiger partial charge in [0.1, 0.15) is 5.75 Å². The second kappa shape index (κ2) is 7.22. The van der Waals surface area contributed by atoms with Gasteiger partial charge in [0.15, 0.2) is 0 Å². The van der Waals surface area contributed by atoms with Crippen LogP contribution in [0, 0.1) is 0 Å². The molecule has 0 fully saturated rings. The first-order valence-electron chi connectivity index (χ1n) is 6.54. The van der Waals surface area contributed by atoms with Crippen molar-refractivity contribution in [2.45, 2.75) is 32.4 Å². The van der Waals surface area contributed by atoms with Crippen molar-refractivity contribution in [2.24, 2.45) is 5.84 Å². The molecule has 0 aliphatic rings. The first kappa shape index (κ1) is 15.5. The summed E-state index contributed by atoms with van der Waals surface area (Å²) in [5.74, 6) is 6.59. The fourth-order valence-electron chi connectivity index (χ4n) is 2.01. The van der Waals surface area contributed by atoms with Crippen LogP contribution in [0.1, 0.15) is 30.3 Å². The molecule has 1 heterocycles. The van der Waals surface area contributed by atoms with E-state index in [4.69, 9.17) is 10.6 Å². The molecule has 3 nitrogen and oxygen atoms in total. The number of hydrazine groups is 1. The van der Waals surface area contributed by atoms with Crippen molar-refractivity contribution in [1.82, 2.24) is 5.43 Å². The summed E-state index contributed by atoms with van der Waals surface area (Å²) >= 11 is 5.21. The molecule has 0 spiro atoms. The molecule has 0 saturated carbocycles. The van der Waals surface area contributed by atoms with Crippen LogP contribution in [0.25, 0.3) is 0 Å². The van der Waals surface area contributed by atoms with Gasteiger partial charge in [-0.1, -0.05) is 12.1 Å². The molecule has 20 heavy (non-hydrogen) atoms. The van der Waals surface area contributed by atoms with E-state index in [0.717, 1.165) is 22.2 Å². The lowest BCUT2D eigenvalue weighted by Crippen LogP contribution is -2.29. The molecule has 1 atom stereocenters. The Balaban J connectivity index is 2.14. The summed E-state index contributed by atoms with van der Waals surface area (Å²) in [4.78, 5) is 1.29. The highest BCUT2D eigenvalue weighted by molar-refractivity contribution is 9.10. The quantitative estimate of drug-likeness (QED) is 0.607. The minimum Gasteiger partial charge on any atom is -0.491 e. The lowest BCUT2D eigenvalue weighted by atomic mass is 10.0. The molecule has 0 bridgehead atoms. The number of benzene rings is 1. The molecule has 0 amide bonds. The van der Waals surface area contributed by atoms with E-state index in [1.54, 1.807) is 11.3 Å². The normalized spacial score (nSPS) is 12.7. The van der Waals surface area contributed by atoms with Crippen LogP contribution in [0.4, 0.5) is 0 Å². The van der Waals surface area contributed by atoms with Gasteiger partial charge < -0.3 is 4.74 Å².